The molecular weight excluding hydrogens is 122 g/mol. The smallest absolute Gasteiger partial charge is 0.0370 e. The third-order valence-electron chi connectivity index (χ3n) is 2.72. The Morgan fingerprint density at radius 1 is 1.10 bits per heavy atom. The third-order valence-corrected chi connectivity index (χ3v) is 2.72. The van der Waals surface area contributed by atoms with E-state index < -0.39 is 0 Å². The highest BCUT2D eigenvalue weighted by molar-refractivity contribution is 5.93. The van der Waals surface area contributed by atoms with E-state index >= 15 is 0 Å². The summed E-state index contributed by atoms with van der Waals surface area (Å²) in [5, 5.41) is 0. The van der Waals surface area contributed by atoms with Crippen LogP contribution in [0.4, 0.5) is 0 Å². The number of aliphatic imine (C=N–C) groups is 1. The Hall–Kier alpha value is -0.590. The number of hydrogen-bond donors (Lipinski definition) is 0. The van der Waals surface area contributed by atoms with Gasteiger partial charge in [0.1, 0.15) is 0 Å². The molecule has 1 heteroatoms. The molecule has 0 saturated heterocycles. The van der Waals surface area contributed by atoms with E-state index in [1.165, 1.54) is 17.0 Å². The highest BCUT2D eigenvalue weighted by Gasteiger charge is 2.29. The Morgan fingerprint density at radius 3 is 1.70 bits per heavy atom. The van der Waals surface area contributed by atoms with Crippen LogP contribution in [0.1, 0.15) is 34.6 Å². The average Bonchev–Trinajstić information content (AvgIpc) is 1.97. The topological polar surface area (TPSA) is 12.4 Å². The van der Waals surface area contributed by atoms with Crippen LogP contribution >= 0.6 is 0 Å². The maximum atomic E-state index is 4.42. The van der Waals surface area contributed by atoms with E-state index in [0.29, 0.717) is 0 Å². The molecule has 56 valence electrons. The first-order chi connectivity index (χ1) is 4.46. The standard InChI is InChI=1S/C9H15N/c1-6-7(2)10-8(3)9(6,4)5/h1-5H3. The van der Waals surface area contributed by atoms with Gasteiger partial charge in [-0.1, -0.05) is 13.8 Å². The second kappa shape index (κ2) is 1.94. The Balaban J connectivity index is 3.11. The molecule has 10 heavy (non-hydrogen) atoms. The van der Waals surface area contributed by atoms with Gasteiger partial charge in [0.05, 0.1) is 0 Å². The predicted octanol–water partition coefficient (Wildman–Crippen LogP) is 2.78. The van der Waals surface area contributed by atoms with E-state index in [0.717, 1.165) is 0 Å². The summed E-state index contributed by atoms with van der Waals surface area (Å²) in [7, 11) is 0. The van der Waals surface area contributed by atoms with Crippen molar-refractivity contribution in [2.75, 3.05) is 0 Å². The summed E-state index contributed by atoms with van der Waals surface area (Å²) >= 11 is 0. The normalized spacial score (nSPS) is 23.5. The van der Waals surface area contributed by atoms with E-state index in [2.05, 4.69) is 39.6 Å². The molecule has 1 aliphatic heterocycles. The SMILES string of the molecule is CC1=NC(C)=C(C)C1(C)C. The predicted molar refractivity (Wildman–Crippen MR) is 45.3 cm³/mol. The van der Waals surface area contributed by atoms with Crippen LogP contribution in [0, 0.1) is 5.41 Å². The molecule has 0 fully saturated rings. The number of nitrogens with zero attached hydrogens (tertiary/aromatic N) is 1. The second-order valence-electron chi connectivity index (χ2n) is 3.53. The summed E-state index contributed by atoms with van der Waals surface area (Å²) in [4.78, 5) is 4.42. The van der Waals surface area contributed by atoms with Crippen LogP contribution in [0.25, 0.3) is 0 Å². The highest BCUT2D eigenvalue weighted by Crippen LogP contribution is 2.35. The number of hydrogen-bond acceptors (Lipinski definition) is 1. The summed E-state index contributed by atoms with van der Waals surface area (Å²) in [6.45, 7) is 10.8. The Kier molecular flexibility index (Phi) is 1.46. The van der Waals surface area contributed by atoms with Gasteiger partial charge >= 0.3 is 0 Å². The molecule has 0 aromatic carbocycles. The van der Waals surface area contributed by atoms with Gasteiger partial charge in [-0.2, -0.15) is 0 Å². The number of allylic oxidation sites excluding steroid dienone is 2. The van der Waals surface area contributed by atoms with Gasteiger partial charge in [0.25, 0.3) is 0 Å². The monoisotopic (exact) mass is 137 g/mol. The summed E-state index contributed by atoms with van der Waals surface area (Å²) < 4.78 is 0. The second-order valence-corrected chi connectivity index (χ2v) is 3.53. The van der Waals surface area contributed by atoms with E-state index in [9.17, 15) is 0 Å². The van der Waals surface area contributed by atoms with Crippen LogP contribution in [0.5, 0.6) is 0 Å². The minimum Gasteiger partial charge on any atom is -0.262 e. The molecule has 0 bridgehead atoms. The molecule has 1 heterocycles. The molecular formula is C9H15N. The quantitative estimate of drug-likeness (QED) is 0.487. The molecule has 1 aliphatic rings. The summed E-state index contributed by atoms with van der Waals surface area (Å²) in [6.07, 6.45) is 0. The van der Waals surface area contributed by atoms with E-state index in [-0.39, 0.29) is 5.41 Å². The van der Waals surface area contributed by atoms with Crippen molar-refractivity contribution < 1.29 is 0 Å². The number of rotatable bonds is 0. The lowest BCUT2D eigenvalue weighted by atomic mass is 9.82. The van der Waals surface area contributed by atoms with Gasteiger partial charge in [-0.05, 0) is 26.3 Å². The van der Waals surface area contributed by atoms with Crippen molar-refractivity contribution >= 4 is 5.71 Å². The highest BCUT2D eigenvalue weighted by atomic mass is 14.8. The van der Waals surface area contributed by atoms with Gasteiger partial charge in [-0.15, -0.1) is 0 Å². The van der Waals surface area contributed by atoms with E-state index in [1.54, 1.807) is 0 Å². The van der Waals surface area contributed by atoms with Gasteiger partial charge in [-0.25, -0.2) is 0 Å². The first-order valence-electron chi connectivity index (χ1n) is 3.70. The van der Waals surface area contributed by atoms with Crippen LogP contribution in [0.3, 0.4) is 0 Å². The molecule has 0 saturated carbocycles. The van der Waals surface area contributed by atoms with Crippen LogP contribution in [0.15, 0.2) is 16.3 Å². The van der Waals surface area contributed by atoms with Crippen molar-refractivity contribution in [3.05, 3.63) is 11.3 Å². The Labute approximate surface area is 62.9 Å². The minimum absolute atomic E-state index is 0.212. The van der Waals surface area contributed by atoms with Gasteiger partial charge in [0.15, 0.2) is 0 Å². The maximum absolute atomic E-state index is 4.42. The molecule has 0 spiro atoms. The van der Waals surface area contributed by atoms with Crippen LogP contribution in [-0.2, 0) is 0 Å². The van der Waals surface area contributed by atoms with E-state index in [4.69, 9.17) is 0 Å². The molecule has 0 aliphatic carbocycles. The lowest BCUT2D eigenvalue weighted by Crippen LogP contribution is -2.18. The van der Waals surface area contributed by atoms with Crippen LogP contribution in [0.2, 0.25) is 0 Å². The van der Waals surface area contributed by atoms with Gasteiger partial charge in [-0.3, -0.25) is 4.99 Å². The summed E-state index contributed by atoms with van der Waals surface area (Å²) in [6, 6.07) is 0. The molecule has 0 atom stereocenters. The molecule has 0 aromatic rings. The van der Waals surface area contributed by atoms with Gasteiger partial charge < -0.3 is 0 Å². The largest absolute Gasteiger partial charge is 0.262 e. The molecule has 0 amide bonds. The van der Waals surface area contributed by atoms with Gasteiger partial charge in [0, 0.05) is 16.8 Å². The molecule has 0 N–H and O–H groups in total. The van der Waals surface area contributed by atoms with Crippen molar-refractivity contribution in [2.24, 2.45) is 10.4 Å². The summed E-state index contributed by atoms with van der Waals surface area (Å²) in [5.41, 5.74) is 4.05. The first kappa shape index (κ1) is 7.52. The lowest BCUT2D eigenvalue weighted by Gasteiger charge is -2.20. The van der Waals surface area contributed by atoms with Crippen molar-refractivity contribution in [2.45, 2.75) is 34.6 Å². The van der Waals surface area contributed by atoms with E-state index in [1.807, 2.05) is 0 Å². The van der Waals surface area contributed by atoms with Crippen LogP contribution in [-0.4, -0.2) is 5.71 Å². The van der Waals surface area contributed by atoms with Crippen molar-refractivity contribution in [1.29, 1.82) is 0 Å². The van der Waals surface area contributed by atoms with Crippen LogP contribution < -0.4 is 0 Å². The zero-order chi connectivity index (χ0) is 7.94. The molecule has 1 nitrogen and oxygen atoms in total. The van der Waals surface area contributed by atoms with Crippen molar-refractivity contribution in [1.82, 2.24) is 0 Å². The van der Waals surface area contributed by atoms with Crippen molar-refractivity contribution in [3.63, 3.8) is 0 Å². The lowest BCUT2D eigenvalue weighted by molar-refractivity contribution is 0.634. The zero-order valence-corrected chi connectivity index (χ0v) is 7.45. The van der Waals surface area contributed by atoms with Crippen molar-refractivity contribution in [3.8, 4) is 0 Å². The summed E-state index contributed by atoms with van der Waals surface area (Å²) in [5.74, 6) is 0. The fourth-order valence-electron chi connectivity index (χ4n) is 1.20. The third kappa shape index (κ3) is 0.808. The minimum atomic E-state index is 0.212. The fraction of sp³-hybridized carbons (Fsp3) is 0.667. The first-order valence-corrected chi connectivity index (χ1v) is 3.70. The zero-order valence-electron chi connectivity index (χ0n) is 7.45. The molecule has 0 aromatic heterocycles. The fourth-order valence-corrected chi connectivity index (χ4v) is 1.20. The molecule has 0 unspecified atom stereocenters. The van der Waals surface area contributed by atoms with Gasteiger partial charge in [0.2, 0.25) is 0 Å². The maximum Gasteiger partial charge on any atom is 0.0370 e. The molecule has 1 rings (SSSR count). The Morgan fingerprint density at radius 2 is 1.60 bits per heavy atom. The molecule has 0 radical (unpaired) electrons. The average molecular weight is 137 g/mol. The Bertz CT molecular complexity index is 219.